The molecule has 0 aliphatic carbocycles. The Morgan fingerprint density at radius 1 is 1.15 bits per heavy atom. The number of hydrogen-bond donors (Lipinski definition) is 0. The molecule has 2 aromatic rings. The topological polar surface area (TPSA) is 35.5 Å². The molecule has 0 aromatic heterocycles. The number of ether oxygens (including phenoxy) is 2. The van der Waals surface area contributed by atoms with E-state index in [2.05, 4.69) is 0 Å². The molecule has 0 amide bonds. The van der Waals surface area contributed by atoms with Crippen molar-refractivity contribution in [3.05, 3.63) is 53.1 Å². The number of halogens is 1. The molecule has 0 saturated carbocycles. The lowest BCUT2D eigenvalue weighted by molar-refractivity contribution is 0.102. The molecule has 0 N–H and O–H groups in total. The Labute approximate surface area is 125 Å². The standard InChI is InChI=1S/C15H11ClO3S/c16-11-3-1-2-4-15(11)20-8-12(17)10-5-6-13-14(7-10)19-9-18-13/h1-7H,8-9H2. The monoisotopic (exact) mass is 306 g/mol. The van der Waals surface area contributed by atoms with E-state index in [1.807, 2.05) is 24.3 Å². The Kier molecular flexibility index (Phi) is 3.85. The van der Waals surface area contributed by atoms with Crippen LogP contribution in [-0.4, -0.2) is 18.3 Å². The van der Waals surface area contributed by atoms with Crippen molar-refractivity contribution in [2.45, 2.75) is 4.90 Å². The summed E-state index contributed by atoms with van der Waals surface area (Å²) >= 11 is 7.49. The zero-order chi connectivity index (χ0) is 13.9. The van der Waals surface area contributed by atoms with Crippen LogP contribution in [-0.2, 0) is 0 Å². The molecular weight excluding hydrogens is 296 g/mol. The first-order valence-electron chi connectivity index (χ1n) is 6.04. The van der Waals surface area contributed by atoms with Gasteiger partial charge in [0, 0.05) is 10.5 Å². The fraction of sp³-hybridized carbons (Fsp3) is 0.133. The van der Waals surface area contributed by atoms with Crippen LogP contribution < -0.4 is 9.47 Å². The van der Waals surface area contributed by atoms with Crippen LogP contribution in [0.15, 0.2) is 47.4 Å². The predicted molar refractivity (Wildman–Crippen MR) is 79.1 cm³/mol. The molecule has 0 fully saturated rings. The van der Waals surface area contributed by atoms with Gasteiger partial charge >= 0.3 is 0 Å². The third-order valence-electron chi connectivity index (χ3n) is 2.89. The fourth-order valence-electron chi connectivity index (χ4n) is 1.86. The van der Waals surface area contributed by atoms with E-state index in [1.165, 1.54) is 11.8 Å². The third-order valence-corrected chi connectivity index (χ3v) is 4.41. The lowest BCUT2D eigenvalue weighted by atomic mass is 10.1. The van der Waals surface area contributed by atoms with Crippen molar-refractivity contribution >= 4 is 29.1 Å². The molecule has 1 aliphatic heterocycles. The highest BCUT2D eigenvalue weighted by atomic mass is 35.5. The number of fused-ring (bicyclic) bond motifs is 1. The largest absolute Gasteiger partial charge is 0.454 e. The van der Waals surface area contributed by atoms with E-state index in [0.717, 1.165) is 4.90 Å². The number of hydrogen-bond acceptors (Lipinski definition) is 4. The van der Waals surface area contributed by atoms with Gasteiger partial charge in [0.2, 0.25) is 6.79 Å². The SMILES string of the molecule is O=C(CSc1ccccc1Cl)c1ccc2c(c1)OCO2. The van der Waals surface area contributed by atoms with E-state index in [4.69, 9.17) is 21.1 Å². The predicted octanol–water partition coefficient (Wildman–Crippen LogP) is 4.04. The van der Waals surface area contributed by atoms with E-state index in [0.29, 0.717) is 27.8 Å². The van der Waals surface area contributed by atoms with E-state index in [9.17, 15) is 4.79 Å². The van der Waals surface area contributed by atoms with Crippen molar-refractivity contribution in [1.29, 1.82) is 0 Å². The van der Waals surface area contributed by atoms with Crippen molar-refractivity contribution in [3.63, 3.8) is 0 Å². The molecule has 1 heterocycles. The number of benzene rings is 2. The summed E-state index contributed by atoms with van der Waals surface area (Å²) in [6.45, 7) is 0.210. The van der Waals surface area contributed by atoms with Crippen LogP contribution in [0.1, 0.15) is 10.4 Å². The first-order chi connectivity index (χ1) is 9.74. The van der Waals surface area contributed by atoms with Gasteiger partial charge in [-0.1, -0.05) is 23.7 Å². The average molecular weight is 307 g/mol. The summed E-state index contributed by atoms with van der Waals surface area (Å²) in [7, 11) is 0. The normalized spacial score (nSPS) is 12.4. The van der Waals surface area contributed by atoms with Crippen LogP contribution >= 0.6 is 23.4 Å². The van der Waals surface area contributed by atoms with Gasteiger partial charge in [0.05, 0.1) is 10.8 Å². The molecule has 0 saturated heterocycles. The van der Waals surface area contributed by atoms with Gasteiger partial charge in [0.15, 0.2) is 17.3 Å². The van der Waals surface area contributed by atoms with Gasteiger partial charge < -0.3 is 9.47 Å². The van der Waals surface area contributed by atoms with Crippen LogP contribution in [0.2, 0.25) is 5.02 Å². The first kappa shape index (κ1) is 13.3. The molecule has 2 aromatic carbocycles. The maximum absolute atomic E-state index is 12.2. The van der Waals surface area contributed by atoms with Gasteiger partial charge in [-0.2, -0.15) is 0 Å². The van der Waals surface area contributed by atoms with Crippen LogP contribution in [0.4, 0.5) is 0 Å². The fourth-order valence-corrected chi connectivity index (χ4v) is 2.99. The van der Waals surface area contributed by atoms with Crippen LogP contribution in [0, 0.1) is 0 Å². The zero-order valence-electron chi connectivity index (χ0n) is 10.5. The highest BCUT2D eigenvalue weighted by molar-refractivity contribution is 8.00. The van der Waals surface area contributed by atoms with Crippen molar-refractivity contribution in [2.75, 3.05) is 12.5 Å². The van der Waals surface area contributed by atoms with E-state index < -0.39 is 0 Å². The van der Waals surface area contributed by atoms with Gasteiger partial charge in [0.1, 0.15) is 0 Å². The third kappa shape index (κ3) is 2.76. The molecule has 5 heteroatoms. The molecule has 3 nitrogen and oxygen atoms in total. The van der Waals surface area contributed by atoms with Gasteiger partial charge in [-0.25, -0.2) is 0 Å². The second kappa shape index (κ2) is 5.77. The first-order valence-corrected chi connectivity index (χ1v) is 7.40. The average Bonchev–Trinajstić information content (AvgIpc) is 2.93. The van der Waals surface area contributed by atoms with Gasteiger partial charge in [0.25, 0.3) is 0 Å². The summed E-state index contributed by atoms with van der Waals surface area (Å²) < 4.78 is 10.5. The van der Waals surface area contributed by atoms with Crippen LogP contribution in [0.3, 0.4) is 0 Å². The number of carbonyl (C=O) groups is 1. The summed E-state index contributed by atoms with van der Waals surface area (Å²) in [5.74, 6) is 1.68. The summed E-state index contributed by atoms with van der Waals surface area (Å²) in [5, 5.41) is 0.663. The number of carbonyl (C=O) groups excluding carboxylic acids is 1. The number of rotatable bonds is 4. The maximum Gasteiger partial charge on any atom is 0.231 e. The minimum atomic E-state index is 0.0354. The molecule has 3 rings (SSSR count). The molecule has 0 radical (unpaired) electrons. The Morgan fingerprint density at radius 3 is 2.80 bits per heavy atom. The Bertz CT molecular complexity index is 657. The van der Waals surface area contributed by atoms with Crippen molar-refractivity contribution in [3.8, 4) is 11.5 Å². The molecule has 20 heavy (non-hydrogen) atoms. The molecular formula is C15H11ClO3S. The summed E-state index contributed by atoms with van der Waals surface area (Å²) in [6.07, 6.45) is 0. The van der Waals surface area contributed by atoms with Crippen LogP contribution in [0.25, 0.3) is 0 Å². The molecule has 0 atom stereocenters. The summed E-state index contributed by atoms with van der Waals surface area (Å²) in [5.41, 5.74) is 0.619. The van der Waals surface area contributed by atoms with E-state index >= 15 is 0 Å². The molecule has 1 aliphatic rings. The molecule has 0 bridgehead atoms. The lowest BCUT2D eigenvalue weighted by Crippen LogP contribution is -2.02. The number of thioether (sulfide) groups is 1. The van der Waals surface area contributed by atoms with Gasteiger partial charge in [-0.15, -0.1) is 11.8 Å². The van der Waals surface area contributed by atoms with Gasteiger partial charge in [-0.05, 0) is 30.3 Å². The second-order valence-corrected chi connectivity index (χ2v) is 5.63. The highest BCUT2D eigenvalue weighted by Crippen LogP contribution is 2.33. The van der Waals surface area contributed by atoms with Crippen molar-refractivity contribution < 1.29 is 14.3 Å². The molecule has 0 spiro atoms. The van der Waals surface area contributed by atoms with Gasteiger partial charge in [-0.3, -0.25) is 4.79 Å². The minimum absolute atomic E-state index is 0.0354. The van der Waals surface area contributed by atoms with Crippen LogP contribution in [0.5, 0.6) is 11.5 Å². The highest BCUT2D eigenvalue weighted by Gasteiger charge is 2.16. The quantitative estimate of drug-likeness (QED) is 0.631. The molecule has 0 unspecified atom stereocenters. The molecule has 102 valence electrons. The summed E-state index contributed by atoms with van der Waals surface area (Å²) in [4.78, 5) is 13.1. The Balaban J connectivity index is 1.69. The number of ketones is 1. The smallest absolute Gasteiger partial charge is 0.231 e. The Hall–Kier alpha value is -1.65. The zero-order valence-corrected chi connectivity index (χ0v) is 12.0. The van der Waals surface area contributed by atoms with Crippen molar-refractivity contribution in [2.24, 2.45) is 0 Å². The summed E-state index contributed by atoms with van der Waals surface area (Å²) in [6, 6.07) is 12.7. The van der Waals surface area contributed by atoms with E-state index in [1.54, 1.807) is 18.2 Å². The lowest BCUT2D eigenvalue weighted by Gasteiger charge is -2.04. The number of Topliss-reactive ketones (excluding diaryl/α,β-unsaturated/α-hetero) is 1. The van der Waals surface area contributed by atoms with E-state index in [-0.39, 0.29) is 12.6 Å². The second-order valence-electron chi connectivity index (χ2n) is 4.21. The Morgan fingerprint density at radius 2 is 1.95 bits per heavy atom. The maximum atomic E-state index is 12.2. The minimum Gasteiger partial charge on any atom is -0.454 e. The van der Waals surface area contributed by atoms with Crippen molar-refractivity contribution in [1.82, 2.24) is 0 Å².